The smallest absolute Gasteiger partial charge is 0.372 e. The molecule has 0 fully saturated rings. The summed E-state index contributed by atoms with van der Waals surface area (Å²) in [5.74, 6) is -1.51. The summed E-state index contributed by atoms with van der Waals surface area (Å²) in [5.41, 5.74) is 0.351. The number of carbonyl (C=O) groups excluding carboxylic acids is 2. The Morgan fingerprint density at radius 2 is 1.50 bits per heavy atom. The lowest BCUT2D eigenvalue weighted by molar-refractivity contribution is -0.182. The van der Waals surface area contributed by atoms with Crippen LogP contribution in [0.1, 0.15) is 20.7 Å². The number of hydrogen-bond donors (Lipinski definition) is 2. The highest BCUT2D eigenvalue weighted by Crippen LogP contribution is 2.06. The third-order valence-electron chi connectivity index (χ3n) is 1.76. The van der Waals surface area contributed by atoms with Gasteiger partial charge in [0.15, 0.2) is 0 Å². The quantitative estimate of drug-likeness (QED) is 0.364. The number of carbonyl (C=O) groups is 2. The van der Waals surface area contributed by atoms with Gasteiger partial charge < -0.3 is 9.84 Å². The lowest BCUT2D eigenvalue weighted by Gasteiger charge is -2.03. The fourth-order valence-corrected chi connectivity index (χ4v) is 1.02. The van der Waals surface area contributed by atoms with Gasteiger partial charge >= 0.3 is 11.9 Å². The molecule has 0 unspecified atom stereocenters. The number of esters is 1. The Morgan fingerprint density at radius 1 is 1.06 bits per heavy atom. The minimum Gasteiger partial charge on any atom is -0.460 e. The van der Waals surface area contributed by atoms with Crippen molar-refractivity contribution in [3.8, 4) is 0 Å². The van der Waals surface area contributed by atoms with Crippen molar-refractivity contribution in [2.24, 2.45) is 0 Å². The molecule has 0 aliphatic rings. The fourth-order valence-electron chi connectivity index (χ4n) is 1.02. The van der Waals surface area contributed by atoms with Crippen molar-refractivity contribution < 1.29 is 29.6 Å². The molecular formula is C12H14O6. The maximum Gasteiger partial charge on any atom is 0.372 e. The Balaban J connectivity index is 0.00000137. The first kappa shape index (κ1) is 15.8. The molecule has 1 rings (SSSR count). The summed E-state index contributed by atoms with van der Waals surface area (Å²) in [7, 11) is 0. The van der Waals surface area contributed by atoms with E-state index in [0.29, 0.717) is 0 Å². The molecule has 18 heavy (non-hydrogen) atoms. The topological polar surface area (TPSA) is 93.1 Å². The van der Waals surface area contributed by atoms with Crippen LogP contribution in [0.25, 0.3) is 0 Å². The molecule has 2 N–H and O–H groups in total. The number of hydrogen-bond acceptors (Lipinski definition) is 6. The van der Waals surface area contributed by atoms with Crippen LogP contribution in [0.15, 0.2) is 37.4 Å². The van der Waals surface area contributed by atoms with Crippen LogP contribution >= 0.6 is 0 Å². The predicted octanol–water partition coefficient (Wildman–Crippen LogP) is 1.27. The van der Waals surface area contributed by atoms with Crippen LogP contribution in [0.2, 0.25) is 0 Å². The zero-order valence-electron chi connectivity index (χ0n) is 9.67. The zero-order valence-corrected chi connectivity index (χ0v) is 9.67. The summed E-state index contributed by atoms with van der Waals surface area (Å²) < 4.78 is 4.65. The third-order valence-corrected chi connectivity index (χ3v) is 1.76. The van der Waals surface area contributed by atoms with Crippen molar-refractivity contribution in [1.29, 1.82) is 0 Å². The monoisotopic (exact) mass is 254 g/mol. The molecule has 0 saturated carbocycles. The van der Waals surface area contributed by atoms with Crippen molar-refractivity contribution in [2.45, 2.75) is 0 Å². The molecule has 0 aromatic heterocycles. The molecule has 6 heteroatoms. The third kappa shape index (κ3) is 4.77. The average molecular weight is 254 g/mol. The highest BCUT2D eigenvalue weighted by atomic mass is 17.1. The van der Waals surface area contributed by atoms with Crippen molar-refractivity contribution in [2.75, 3.05) is 13.2 Å². The van der Waals surface area contributed by atoms with Gasteiger partial charge in [-0.25, -0.2) is 9.59 Å². The first-order chi connectivity index (χ1) is 8.69. The molecule has 0 amide bonds. The molecule has 0 aliphatic carbocycles. The zero-order chi connectivity index (χ0) is 14.0. The number of ether oxygens (including phenoxy) is 1. The van der Waals surface area contributed by atoms with Gasteiger partial charge in [0.25, 0.3) is 0 Å². The van der Waals surface area contributed by atoms with E-state index >= 15 is 0 Å². The Morgan fingerprint density at radius 3 is 1.89 bits per heavy atom. The summed E-state index contributed by atoms with van der Waals surface area (Å²) in [6, 6.07) is 5.33. The van der Waals surface area contributed by atoms with Gasteiger partial charge in [0.1, 0.15) is 6.61 Å². The van der Waals surface area contributed by atoms with Gasteiger partial charge in [0.05, 0.1) is 17.7 Å². The Hall–Kier alpha value is -2.18. The van der Waals surface area contributed by atoms with E-state index < -0.39 is 11.9 Å². The highest BCUT2D eigenvalue weighted by Gasteiger charge is 2.10. The maximum absolute atomic E-state index is 11.3. The van der Waals surface area contributed by atoms with E-state index in [0.717, 1.165) is 0 Å². The first-order valence-corrected chi connectivity index (χ1v) is 4.93. The van der Waals surface area contributed by atoms with E-state index in [4.69, 9.17) is 10.4 Å². The molecule has 6 nitrogen and oxygen atoms in total. The molecule has 0 atom stereocenters. The molecule has 0 aliphatic heterocycles. The molecule has 1 aromatic rings. The van der Waals surface area contributed by atoms with Gasteiger partial charge in [-0.1, -0.05) is 0 Å². The van der Waals surface area contributed by atoms with Crippen molar-refractivity contribution in [1.82, 2.24) is 0 Å². The molecule has 0 saturated heterocycles. The van der Waals surface area contributed by atoms with Gasteiger partial charge in [0, 0.05) is 0 Å². The summed E-state index contributed by atoms with van der Waals surface area (Å²) in [4.78, 5) is 25.6. The summed E-state index contributed by atoms with van der Waals surface area (Å²) in [6.45, 7) is 5.67. The van der Waals surface area contributed by atoms with Gasteiger partial charge in [-0.15, -0.1) is 13.2 Å². The molecule has 1 aromatic carbocycles. The molecular weight excluding hydrogens is 240 g/mol. The molecule has 0 heterocycles. The standard InChI is InChI=1S/C10H10O6.C2H4/c11-5-6-15-9(12)7-1-3-8(4-2-7)10(13)16-14;1-2/h1-4,11,14H,5-6H2;1-2H2. The van der Waals surface area contributed by atoms with E-state index in [9.17, 15) is 9.59 Å². The number of aliphatic hydroxyl groups excluding tert-OH is 1. The van der Waals surface area contributed by atoms with Crippen molar-refractivity contribution >= 4 is 11.9 Å². The van der Waals surface area contributed by atoms with Gasteiger partial charge in [-0.05, 0) is 24.3 Å². The van der Waals surface area contributed by atoms with E-state index in [-0.39, 0.29) is 24.3 Å². The van der Waals surface area contributed by atoms with Crippen molar-refractivity contribution in [3.05, 3.63) is 48.6 Å². The first-order valence-electron chi connectivity index (χ1n) is 4.93. The minimum absolute atomic E-state index is 0.0841. The summed E-state index contributed by atoms with van der Waals surface area (Å²) >= 11 is 0. The number of aliphatic hydroxyl groups is 1. The van der Waals surface area contributed by atoms with Crippen molar-refractivity contribution in [3.63, 3.8) is 0 Å². The van der Waals surface area contributed by atoms with E-state index in [1.807, 2.05) is 0 Å². The van der Waals surface area contributed by atoms with Crippen LogP contribution < -0.4 is 0 Å². The summed E-state index contributed by atoms with van der Waals surface area (Å²) in [5, 5.41) is 16.6. The van der Waals surface area contributed by atoms with E-state index in [1.54, 1.807) is 0 Å². The maximum atomic E-state index is 11.3. The van der Waals surface area contributed by atoms with Crippen LogP contribution in [0.4, 0.5) is 0 Å². The average Bonchev–Trinajstić information content (AvgIpc) is 2.46. The molecule has 0 spiro atoms. The second-order valence-corrected chi connectivity index (χ2v) is 2.82. The Kier molecular flexibility index (Phi) is 7.83. The molecule has 98 valence electrons. The SMILES string of the molecule is C=C.O=C(OO)c1ccc(C(=O)OCCO)cc1. The molecule has 0 bridgehead atoms. The van der Waals surface area contributed by atoms with Crippen LogP contribution in [-0.4, -0.2) is 35.5 Å². The minimum atomic E-state index is -0.907. The highest BCUT2D eigenvalue weighted by molar-refractivity contribution is 5.93. The van der Waals surface area contributed by atoms with E-state index in [2.05, 4.69) is 22.8 Å². The fraction of sp³-hybridized carbons (Fsp3) is 0.167. The second kappa shape index (κ2) is 8.91. The largest absolute Gasteiger partial charge is 0.460 e. The van der Waals surface area contributed by atoms with Crippen LogP contribution in [0.5, 0.6) is 0 Å². The Bertz CT molecular complexity index is 384. The Labute approximate surface area is 104 Å². The van der Waals surface area contributed by atoms with Gasteiger partial charge in [-0.2, -0.15) is 5.26 Å². The number of rotatable bonds is 4. The van der Waals surface area contributed by atoms with Gasteiger partial charge in [-0.3, -0.25) is 4.89 Å². The van der Waals surface area contributed by atoms with Crippen LogP contribution in [0, 0.1) is 0 Å². The lowest BCUT2D eigenvalue weighted by Crippen LogP contribution is -2.09. The van der Waals surface area contributed by atoms with E-state index in [1.165, 1.54) is 24.3 Å². The molecule has 0 radical (unpaired) electrons. The van der Waals surface area contributed by atoms with Crippen LogP contribution in [0.3, 0.4) is 0 Å². The normalized spacial score (nSPS) is 8.78. The second-order valence-electron chi connectivity index (χ2n) is 2.82. The lowest BCUT2D eigenvalue weighted by atomic mass is 10.1. The predicted molar refractivity (Wildman–Crippen MR) is 63.1 cm³/mol. The van der Waals surface area contributed by atoms with Crippen LogP contribution in [-0.2, 0) is 9.62 Å². The number of benzene rings is 1. The van der Waals surface area contributed by atoms with Gasteiger partial charge in [0.2, 0.25) is 0 Å². The summed E-state index contributed by atoms with van der Waals surface area (Å²) in [6.07, 6.45) is 0.